The van der Waals surface area contributed by atoms with Crippen molar-refractivity contribution in [1.82, 2.24) is 10.9 Å². The normalized spacial score (nSPS) is 10.6. The third-order valence-electron chi connectivity index (χ3n) is 4.83. The van der Waals surface area contributed by atoms with E-state index < -0.39 is 16.7 Å². The van der Waals surface area contributed by atoms with E-state index in [0.717, 1.165) is 14.6 Å². The van der Waals surface area contributed by atoms with Crippen LogP contribution < -0.4 is 16.2 Å². The molecular weight excluding hydrogens is 560 g/mol. The van der Waals surface area contributed by atoms with Crippen LogP contribution >= 0.6 is 38.9 Å². The zero-order chi connectivity index (χ0) is 25.1. The van der Waals surface area contributed by atoms with Crippen molar-refractivity contribution in [3.8, 4) is 0 Å². The predicted molar refractivity (Wildman–Crippen MR) is 137 cm³/mol. The van der Waals surface area contributed by atoms with Crippen molar-refractivity contribution < 1.29 is 19.3 Å². The molecule has 0 aliphatic heterocycles. The number of nitro benzene ring substituents is 1. The summed E-state index contributed by atoms with van der Waals surface area (Å²) in [6.07, 6.45) is 0. The molecule has 3 N–H and O–H groups in total. The van der Waals surface area contributed by atoms with Crippen LogP contribution in [0.4, 0.5) is 11.4 Å². The largest absolute Gasteiger partial charge is 0.321 e. The lowest BCUT2D eigenvalue weighted by Crippen LogP contribution is -2.41. The summed E-state index contributed by atoms with van der Waals surface area (Å²) in [5, 5.41) is 14.6. The number of thiophene rings is 1. The summed E-state index contributed by atoms with van der Waals surface area (Å²) in [7, 11) is 0. The van der Waals surface area contributed by atoms with Crippen LogP contribution in [-0.2, 0) is 0 Å². The average molecular weight is 574 g/mol. The number of hydrogen-bond donors (Lipinski definition) is 3. The van der Waals surface area contributed by atoms with E-state index in [1.54, 1.807) is 12.1 Å². The number of nitro groups is 1. The molecule has 9 nitrogen and oxygen atoms in total. The van der Waals surface area contributed by atoms with Crippen LogP contribution in [0.2, 0.25) is 5.02 Å². The van der Waals surface area contributed by atoms with E-state index in [-0.39, 0.29) is 22.7 Å². The molecule has 0 aliphatic rings. The third-order valence-corrected chi connectivity index (χ3v) is 6.98. The highest BCUT2D eigenvalue weighted by atomic mass is 79.9. The quantitative estimate of drug-likeness (QED) is 0.213. The van der Waals surface area contributed by atoms with Gasteiger partial charge in [0.25, 0.3) is 23.4 Å². The number of hydrogen-bond acceptors (Lipinski definition) is 6. The van der Waals surface area contributed by atoms with Gasteiger partial charge in [0.2, 0.25) is 0 Å². The number of anilines is 1. The SMILES string of the molecule is O=C(NNC(=O)c1ccc([N+](=O)[O-])cc1)c1ccc(NC(=O)c2sc3cc(Br)ccc3c2Cl)cc1. The van der Waals surface area contributed by atoms with Crippen LogP contribution in [0.25, 0.3) is 10.1 Å². The fourth-order valence-corrected chi connectivity index (χ4v) is 5.03. The van der Waals surface area contributed by atoms with Gasteiger partial charge in [-0.1, -0.05) is 33.6 Å². The summed E-state index contributed by atoms with van der Waals surface area (Å²) in [6, 6.07) is 16.5. The molecule has 0 saturated heterocycles. The summed E-state index contributed by atoms with van der Waals surface area (Å²) < 4.78 is 1.75. The van der Waals surface area contributed by atoms with E-state index in [2.05, 4.69) is 32.1 Å². The molecule has 0 aliphatic carbocycles. The van der Waals surface area contributed by atoms with Crippen molar-refractivity contribution in [3.05, 3.63) is 102 Å². The minimum absolute atomic E-state index is 0.140. The zero-order valence-electron chi connectivity index (χ0n) is 17.5. The molecule has 4 rings (SSSR count). The van der Waals surface area contributed by atoms with Crippen LogP contribution in [0, 0.1) is 10.1 Å². The summed E-state index contributed by atoms with van der Waals surface area (Å²) in [5.74, 6) is -1.60. The Bertz CT molecular complexity index is 1470. The minimum atomic E-state index is -0.635. The van der Waals surface area contributed by atoms with E-state index in [4.69, 9.17) is 11.6 Å². The first-order valence-electron chi connectivity index (χ1n) is 9.87. The lowest BCUT2D eigenvalue weighted by molar-refractivity contribution is -0.384. The summed E-state index contributed by atoms with van der Waals surface area (Å²) in [4.78, 5) is 47.7. The Balaban J connectivity index is 1.36. The maximum Gasteiger partial charge on any atom is 0.269 e. The second-order valence-corrected chi connectivity index (χ2v) is 9.48. The first-order chi connectivity index (χ1) is 16.7. The molecule has 0 spiro atoms. The maximum atomic E-state index is 12.7. The number of fused-ring (bicyclic) bond motifs is 1. The Morgan fingerprint density at radius 3 is 2.00 bits per heavy atom. The summed E-state index contributed by atoms with van der Waals surface area (Å²) >= 11 is 11.1. The van der Waals surface area contributed by atoms with Gasteiger partial charge in [0.05, 0.1) is 9.95 Å². The molecule has 176 valence electrons. The van der Waals surface area contributed by atoms with Gasteiger partial charge in [0.1, 0.15) is 4.88 Å². The fourth-order valence-electron chi connectivity index (χ4n) is 3.07. The number of nitrogens with zero attached hydrogens (tertiary/aromatic N) is 1. The van der Waals surface area contributed by atoms with Crippen LogP contribution in [0.5, 0.6) is 0 Å². The number of amides is 3. The van der Waals surface area contributed by atoms with Gasteiger partial charge in [0, 0.05) is 43.5 Å². The highest BCUT2D eigenvalue weighted by molar-refractivity contribution is 9.10. The van der Waals surface area contributed by atoms with Gasteiger partial charge in [-0.05, 0) is 48.5 Å². The van der Waals surface area contributed by atoms with Gasteiger partial charge in [-0.2, -0.15) is 0 Å². The van der Waals surface area contributed by atoms with Crippen LogP contribution in [0.1, 0.15) is 30.4 Å². The van der Waals surface area contributed by atoms with Crippen molar-refractivity contribution >= 4 is 78.1 Å². The molecule has 0 fully saturated rings. The monoisotopic (exact) mass is 572 g/mol. The summed E-state index contributed by atoms with van der Waals surface area (Å²) in [6.45, 7) is 0. The fraction of sp³-hybridized carbons (Fsp3) is 0. The van der Waals surface area contributed by atoms with Gasteiger partial charge in [-0.3, -0.25) is 35.3 Å². The van der Waals surface area contributed by atoms with Gasteiger partial charge < -0.3 is 5.32 Å². The van der Waals surface area contributed by atoms with Gasteiger partial charge in [0.15, 0.2) is 0 Å². The van der Waals surface area contributed by atoms with Gasteiger partial charge in [-0.15, -0.1) is 11.3 Å². The second-order valence-electron chi connectivity index (χ2n) is 7.13. The van der Waals surface area contributed by atoms with E-state index in [9.17, 15) is 24.5 Å². The van der Waals surface area contributed by atoms with Crippen LogP contribution in [0.15, 0.2) is 71.2 Å². The Hall–Kier alpha value is -3.80. The minimum Gasteiger partial charge on any atom is -0.321 e. The molecule has 0 unspecified atom stereocenters. The molecule has 1 heterocycles. The highest BCUT2D eigenvalue weighted by Gasteiger charge is 2.18. The number of halogens is 2. The van der Waals surface area contributed by atoms with Gasteiger partial charge in [-0.25, -0.2) is 0 Å². The van der Waals surface area contributed by atoms with Crippen LogP contribution in [0.3, 0.4) is 0 Å². The van der Waals surface area contributed by atoms with Crippen LogP contribution in [-0.4, -0.2) is 22.6 Å². The smallest absolute Gasteiger partial charge is 0.269 e. The standard InChI is InChI=1S/C23H14BrClN4O5S/c24-14-5-10-17-18(11-14)35-20(19(17)25)23(32)26-15-6-1-12(2-7-15)21(30)27-28-22(31)13-3-8-16(9-4-13)29(33)34/h1-11H,(H,26,32)(H,27,30)(H,28,31). The van der Waals surface area contributed by atoms with Crippen molar-refractivity contribution in [1.29, 1.82) is 0 Å². The Morgan fingerprint density at radius 1 is 0.857 bits per heavy atom. The number of carbonyl (C=O) groups excluding carboxylic acids is 3. The maximum absolute atomic E-state index is 12.7. The highest BCUT2D eigenvalue weighted by Crippen LogP contribution is 2.37. The number of hydrazine groups is 1. The van der Waals surface area contributed by atoms with Crippen molar-refractivity contribution in [2.45, 2.75) is 0 Å². The van der Waals surface area contributed by atoms with Gasteiger partial charge >= 0.3 is 0 Å². The molecule has 1 aromatic heterocycles. The number of nitrogens with one attached hydrogen (secondary N) is 3. The lowest BCUT2D eigenvalue weighted by atomic mass is 10.2. The predicted octanol–water partition coefficient (Wildman–Crippen LogP) is 5.55. The van der Waals surface area contributed by atoms with E-state index in [1.165, 1.54) is 47.7 Å². The molecule has 0 bridgehead atoms. The molecule has 3 amide bonds. The lowest BCUT2D eigenvalue weighted by Gasteiger charge is -2.09. The molecule has 12 heteroatoms. The number of benzene rings is 3. The first kappa shape index (κ1) is 24.3. The average Bonchev–Trinajstić information content (AvgIpc) is 3.18. The molecule has 0 atom stereocenters. The van der Waals surface area contributed by atoms with Crippen molar-refractivity contribution in [3.63, 3.8) is 0 Å². The Morgan fingerprint density at radius 2 is 1.43 bits per heavy atom. The molecule has 4 aromatic rings. The molecule has 35 heavy (non-hydrogen) atoms. The second kappa shape index (κ2) is 10.2. The molecule has 3 aromatic carbocycles. The molecule has 0 radical (unpaired) electrons. The van der Waals surface area contributed by atoms with Crippen molar-refractivity contribution in [2.75, 3.05) is 5.32 Å². The van der Waals surface area contributed by atoms with E-state index >= 15 is 0 Å². The Labute approximate surface area is 215 Å². The third kappa shape index (κ3) is 5.48. The number of non-ortho nitro benzene ring substituents is 1. The zero-order valence-corrected chi connectivity index (χ0v) is 20.7. The molecule has 0 saturated carbocycles. The molecular formula is C23H14BrClN4O5S. The Kier molecular flexibility index (Phi) is 7.10. The van der Waals surface area contributed by atoms with E-state index in [1.807, 2.05) is 18.2 Å². The summed E-state index contributed by atoms with van der Waals surface area (Å²) in [5.41, 5.74) is 5.19. The van der Waals surface area contributed by atoms with E-state index in [0.29, 0.717) is 15.6 Å². The number of carbonyl (C=O) groups is 3. The number of rotatable bonds is 5. The van der Waals surface area contributed by atoms with Crippen molar-refractivity contribution in [2.24, 2.45) is 0 Å². The first-order valence-corrected chi connectivity index (χ1v) is 11.9. The topological polar surface area (TPSA) is 130 Å².